The number of hydrogen-bond donors (Lipinski definition) is 2. The molecule has 4 heterocycles. The van der Waals surface area contributed by atoms with Crippen molar-refractivity contribution in [1.29, 1.82) is 0 Å². The van der Waals surface area contributed by atoms with Gasteiger partial charge in [0.05, 0.1) is 9.88 Å². The fourth-order valence-electron chi connectivity index (χ4n) is 3.76. The number of hydrogen-bond acceptors (Lipinski definition) is 8. The van der Waals surface area contributed by atoms with Crippen molar-refractivity contribution in [3.8, 4) is 28.0 Å². The molecule has 2 N–H and O–H groups in total. The molecule has 1 aliphatic rings. The lowest BCUT2D eigenvalue weighted by atomic mass is 9.98. The van der Waals surface area contributed by atoms with E-state index in [1.807, 2.05) is 31.6 Å². The number of piperidine rings is 1. The van der Waals surface area contributed by atoms with Crippen LogP contribution in [0, 0.1) is 11.8 Å². The maximum Gasteiger partial charge on any atom is 0.168 e. The summed E-state index contributed by atoms with van der Waals surface area (Å²) >= 11 is 1.75. The topological polar surface area (TPSA) is 83.4 Å². The van der Waals surface area contributed by atoms with E-state index in [1.165, 1.54) is 5.01 Å². The summed E-state index contributed by atoms with van der Waals surface area (Å²) in [5.41, 5.74) is 1.56. The molecule has 3 aromatic heterocycles. The highest BCUT2D eigenvalue weighted by atomic mass is 32.1. The van der Waals surface area contributed by atoms with Gasteiger partial charge in [-0.3, -0.25) is 4.98 Å². The largest absolute Gasteiger partial charge is 0.485 e. The van der Waals surface area contributed by atoms with Gasteiger partial charge in [-0.15, -0.1) is 11.3 Å². The summed E-state index contributed by atoms with van der Waals surface area (Å²) in [5.74, 6) is 7.65. The molecule has 1 saturated heterocycles. The second-order valence-corrected chi connectivity index (χ2v) is 10.2. The quantitative estimate of drug-likeness (QED) is 0.516. The van der Waals surface area contributed by atoms with Crippen molar-refractivity contribution in [1.82, 2.24) is 19.9 Å². The van der Waals surface area contributed by atoms with Crippen molar-refractivity contribution >= 4 is 17.2 Å². The lowest BCUT2D eigenvalue weighted by Crippen LogP contribution is -2.29. The molecular formula is C26H31N5O2S. The van der Waals surface area contributed by atoms with Crippen molar-refractivity contribution in [2.24, 2.45) is 0 Å². The Bertz CT molecular complexity index is 1180. The van der Waals surface area contributed by atoms with E-state index in [0.29, 0.717) is 24.1 Å². The minimum Gasteiger partial charge on any atom is -0.485 e. The number of aromatic nitrogens is 3. The molecule has 8 heteroatoms. The van der Waals surface area contributed by atoms with Crippen LogP contribution in [0.15, 0.2) is 36.9 Å². The third-order valence-corrected chi connectivity index (χ3v) is 6.88. The van der Waals surface area contributed by atoms with Crippen LogP contribution in [0.25, 0.3) is 10.4 Å². The summed E-state index contributed by atoms with van der Waals surface area (Å²) in [6, 6.07) is 3.93. The number of aliphatic hydroxyl groups is 1. The number of ether oxygens (including phenoxy) is 1. The van der Waals surface area contributed by atoms with Crippen LogP contribution in [0.2, 0.25) is 0 Å². The van der Waals surface area contributed by atoms with Crippen molar-refractivity contribution in [3.63, 3.8) is 0 Å². The average molecular weight is 478 g/mol. The average Bonchev–Trinajstić information content (AvgIpc) is 3.32. The van der Waals surface area contributed by atoms with Crippen LogP contribution in [0.5, 0.6) is 5.75 Å². The predicted molar refractivity (Wildman–Crippen MR) is 136 cm³/mol. The Morgan fingerprint density at radius 1 is 1.18 bits per heavy atom. The molecule has 1 aliphatic heterocycles. The Morgan fingerprint density at radius 3 is 2.71 bits per heavy atom. The molecule has 0 radical (unpaired) electrons. The maximum absolute atomic E-state index is 9.83. The fraction of sp³-hybridized carbons (Fsp3) is 0.423. The predicted octanol–water partition coefficient (Wildman–Crippen LogP) is 4.15. The molecule has 0 unspecified atom stereocenters. The van der Waals surface area contributed by atoms with Crippen LogP contribution in [-0.2, 0) is 6.61 Å². The Balaban J connectivity index is 1.49. The first-order valence-corrected chi connectivity index (χ1v) is 12.3. The molecular weight excluding hydrogens is 446 g/mol. The van der Waals surface area contributed by atoms with E-state index < -0.39 is 5.60 Å². The monoisotopic (exact) mass is 477 g/mol. The third-order valence-electron chi connectivity index (χ3n) is 5.67. The highest BCUT2D eigenvalue weighted by Crippen LogP contribution is 2.36. The van der Waals surface area contributed by atoms with Crippen LogP contribution >= 0.6 is 11.3 Å². The Hall–Kier alpha value is -2.99. The lowest BCUT2D eigenvalue weighted by molar-refractivity contribution is 0.143. The summed E-state index contributed by atoms with van der Waals surface area (Å²) in [6.07, 6.45) is 9.55. The van der Waals surface area contributed by atoms with Gasteiger partial charge in [0.1, 0.15) is 12.2 Å². The number of pyridine rings is 2. The Kier molecular flexibility index (Phi) is 7.47. The molecule has 3 aromatic rings. The van der Waals surface area contributed by atoms with Crippen molar-refractivity contribution in [2.75, 3.05) is 32.5 Å². The molecule has 34 heavy (non-hydrogen) atoms. The molecule has 4 rings (SSSR count). The molecule has 1 fully saturated rings. The molecule has 7 nitrogen and oxygen atoms in total. The molecule has 178 valence electrons. The second-order valence-electron chi connectivity index (χ2n) is 9.14. The van der Waals surface area contributed by atoms with Gasteiger partial charge in [0.15, 0.2) is 11.6 Å². The van der Waals surface area contributed by atoms with Crippen LogP contribution in [0.4, 0.5) is 5.82 Å². The number of anilines is 1. The third kappa shape index (κ3) is 6.32. The minimum atomic E-state index is -1.05. The van der Waals surface area contributed by atoms with E-state index in [9.17, 15) is 5.11 Å². The normalized spacial score (nSPS) is 15.0. The maximum atomic E-state index is 9.83. The van der Waals surface area contributed by atoms with Crippen LogP contribution in [-0.4, -0.2) is 57.7 Å². The van der Waals surface area contributed by atoms with E-state index in [0.717, 1.165) is 47.5 Å². The van der Waals surface area contributed by atoms with Crippen molar-refractivity contribution in [2.45, 2.75) is 44.8 Å². The summed E-state index contributed by atoms with van der Waals surface area (Å²) in [4.78, 5) is 17.0. The summed E-state index contributed by atoms with van der Waals surface area (Å²) in [5, 5.41) is 14.1. The zero-order valence-electron chi connectivity index (χ0n) is 20.1. The summed E-state index contributed by atoms with van der Waals surface area (Å²) in [6.45, 7) is 5.87. The van der Waals surface area contributed by atoms with Crippen LogP contribution < -0.4 is 10.1 Å². The highest BCUT2D eigenvalue weighted by Gasteiger charge is 2.21. The van der Waals surface area contributed by atoms with E-state index in [1.54, 1.807) is 37.6 Å². The van der Waals surface area contributed by atoms with Crippen molar-refractivity contribution < 1.29 is 9.84 Å². The standard InChI is InChI=1S/C26H31N5O2S/c1-26(2,32)8-5-18-11-19(14-28-13-18)17-33-22-12-21(15-29-24(22)27-3)23-16-30-25(34-23)20-6-9-31(4)10-7-20/h11-16,20,32H,6-7,9-10,17H2,1-4H3,(H,27,29). The van der Waals surface area contributed by atoms with Gasteiger partial charge < -0.3 is 20.1 Å². The van der Waals surface area contributed by atoms with Gasteiger partial charge in [0.2, 0.25) is 0 Å². The minimum absolute atomic E-state index is 0.328. The van der Waals surface area contributed by atoms with Crippen LogP contribution in [0.3, 0.4) is 0 Å². The van der Waals surface area contributed by atoms with E-state index in [2.05, 4.69) is 39.1 Å². The van der Waals surface area contributed by atoms with Gasteiger partial charge in [-0.05, 0) is 59.0 Å². The molecule has 0 amide bonds. The first-order valence-electron chi connectivity index (χ1n) is 11.5. The molecule has 0 aromatic carbocycles. The Morgan fingerprint density at radius 2 is 1.97 bits per heavy atom. The smallest absolute Gasteiger partial charge is 0.168 e. The van der Waals surface area contributed by atoms with E-state index >= 15 is 0 Å². The number of rotatable bonds is 6. The van der Waals surface area contributed by atoms with Gasteiger partial charge in [0.25, 0.3) is 0 Å². The van der Waals surface area contributed by atoms with Crippen molar-refractivity contribution in [3.05, 3.63) is 53.1 Å². The zero-order valence-corrected chi connectivity index (χ0v) is 20.9. The zero-order chi connectivity index (χ0) is 24.1. The molecule has 0 aliphatic carbocycles. The Labute approximate surface area is 205 Å². The van der Waals surface area contributed by atoms with E-state index in [4.69, 9.17) is 9.72 Å². The van der Waals surface area contributed by atoms with Gasteiger partial charge in [0, 0.05) is 54.4 Å². The summed E-state index contributed by atoms with van der Waals surface area (Å²) < 4.78 is 6.13. The van der Waals surface area contributed by atoms with Gasteiger partial charge in [-0.25, -0.2) is 9.97 Å². The first kappa shape index (κ1) is 24.1. The molecule has 0 bridgehead atoms. The van der Waals surface area contributed by atoms with Crippen LogP contribution in [0.1, 0.15) is 48.7 Å². The SMILES string of the molecule is CNc1ncc(-c2cnc(C3CCN(C)CC3)s2)cc1OCc1cncc(C#CC(C)(C)O)c1. The lowest BCUT2D eigenvalue weighted by Gasteiger charge is -2.27. The van der Waals surface area contributed by atoms with Gasteiger partial charge in [-0.2, -0.15) is 0 Å². The summed E-state index contributed by atoms with van der Waals surface area (Å²) in [7, 11) is 4.00. The number of nitrogens with one attached hydrogen (secondary N) is 1. The molecule has 0 spiro atoms. The number of likely N-dealkylation sites (tertiary alicyclic amines) is 1. The van der Waals surface area contributed by atoms with Gasteiger partial charge in [-0.1, -0.05) is 11.8 Å². The van der Waals surface area contributed by atoms with E-state index in [-0.39, 0.29) is 0 Å². The number of thiazole rings is 1. The second kappa shape index (κ2) is 10.5. The van der Waals surface area contributed by atoms with Gasteiger partial charge >= 0.3 is 0 Å². The molecule has 0 atom stereocenters. The fourth-order valence-corrected chi connectivity index (χ4v) is 4.83. The first-order chi connectivity index (χ1) is 16.3. The highest BCUT2D eigenvalue weighted by molar-refractivity contribution is 7.15. The number of nitrogens with zero attached hydrogens (tertiary/aromatic N) is 4. The molecule has 0 saturated carbocycles.